The van der Waals surface area contributed by atoms with E-state index in [1.807, 2.05) is 0 Å². The van der Waals surface area contributed by atoms with Crippen molar-refractivity contribution < 1.29 is 22.3 Å². The number of benzene rings is 1. The number of hydrogen-bond donors (Lipinski definition) is 2. The van der Waals surface area contributed by atoms with Crippen molar-refractivity contribution in [2.24, 2.45) is 13.0 Å². The highest BCUT2D eigenvalue weighted by atomic mass is 19.4. The van der Waals surface area contributed by atoms with Crippen molar-refractivity contribution in [2.75, 3.05) is 30.4 Å². The largest absolute Gasteiger partial charge is 0.496 e. The second-order valence-electron chi connectivity index (χ2n) is 8.40. The van der Waals surface area contributed by atoms with Crippen LogP contribution in [0.5, 0.6) is 5.75 Å². The van der Waals surface area contributed by atoms with E-state index < -0.39 is 18.0 Å². The smallest absolute Gasteiger partial charge is 0.393 e. The molecule has 9 nitrogen and oxygen atoms in total. The van der Waals surface area contributed by atoms with E-state index in [9.17, 15) is 17.6 Å². The summed E-state index contributed by atoms with van der Waals surface area (Å²) in [6.07, 6.45) is -1.21. The minimum Gasteiger partial charge on any atom is -0.496 e. The third kappa shape index (κ3) is 4.55. The quantitative estimate of drug-likeness (QED) is 0.374. The zero-order valence-electron chi connectivity index (χ0n) is 19.3. The maximum Gasteiger partial charge on any atom is 0.393 e. The molecule has 0 amide bonds. The maximum absolute atomic E-state index is 13.9. The van der Waals surface area contributed by atoms with Gasteiger partial charge in [0.1, 0.15) is 11.6 Å². The van der Waals surface area contributed by atoms with Gasteiger partial charge in [-0.3, -0.25) is 5.10 Å². The first kappa shape index (κ1) is 23.6. The molecule has 4 aromatic rings. The number of nitrogens with zero attached hydrogens (tertiary/aromatic N) is 6. The fraction of sp³-hybridized carbons (Fsp3) is 0.304. The Kier molecular flexibility index (Phi) is 5.98. The molecule has 0 spiro atoms. The van der Waals surface area contributed by atoms with Crippen molar-refractivity contribution in [3.63, 3.8) is 0 Å². The molecule has 0 unspecified atom stereocenters. The number of nitrogens with one attached hydrogen (secondary N) is 2. The standard InChI is InChI=1S/C23H22F4N8O/c1-34-22(30-15-4-5-16(18(9-15)36-2)17-11-29-32-20(17)24)31-21(33-34)13-3-6-19(28-10-13)35-8-7-14(12-35)23(25,26)27/h3-6,9-11,14H,7-8,12H2,1-2H3,(H,29,32)(H,30,31,33)/t14-/m0/s1. The van der Waals surface area contributed by atoms with Crippen LogP contribution in [0.1, 0.15) is 6.42 Å². The number of aryl methyl sites for hydroxylation is 1. The molecule has 1 aliphatic heterocycles. The van der Waals surface area contributed by atoms with E-state index in [0.29, 0.717) is 46.7 Å². The molecule has 4 heterocycles. The Bertz CT molecular complexity index is 1370. The lowest BCUT2D eigenvalue weighted by molar-refractivity contribution is -0.168. The number of ether oxygens (including phenoxy) is 1. The molecule has 0 bridgehead atoms. The van der Waals surface area contributed by atoms with Gasteiger partial charge in [-0.2, -0.15) is 27.6 Å². The van der Waals surface area contributed by atoms with Gasteiger partial charge in [0.25, 0.3) is 0 Å². The number of H-pyrrole nitrogens is 1. The van der Waals surface area contributed by atoms with Gasteiger partial charge in [0.2, 0.25) is 11.9 Å². The summed E-state index contributed by atoms with van der Waals surface area (Å²) in [6.45, 7) is 0.211. The van der Waals surface area contributed by atoms with Gasteiger partial charge in [0.05, 0.1) is 24.8 Å². The van der Waals surface area contributed by atoms with Crippen LogP contribution >= 0.6 is 0 Å². The second-order valence-corrected chi connectivity index (χ2v) is 8.40. The highest BCUT2D eigenvalue weighted by molar-refractivity contribution is 5.74. The summed E-state index contributed by atoms with van der Waals surface area (Å²) in [5.74, 6) is -0.130. The summed E-state index contributed by atoms with van der Waals surface area (Å²) in [5, 5.41) is 13.5. The molecule has 3 aromatic heterocycles. The summed E-state index contributed by atoms with van der Waals surface area (Å²) in [7, 11) is 3.21. The number of rotatable bonds is 6. The first-order chi connectivity index (χ1) is 17.2. The van der Waals surface area contributed by atoms with E-state index in [2.05, 4.69) is 30.6 Å². The van der Waals surface area contributed by atoms with Crippen LogP contribution in [0, 0.1) is 11.9 Å². The lowest BCUT2D eigenvalue weighted by atomic mass is 10.1. The van der Waals surface area contributed by atoms with E-state index >= 15 is 0 Å². The van der Waals surface area contributed by atoms with Crippen LogP contribution in [-0.4, -0.2) is 56.3 Å². The third-order valence-corrected chi connectivity index (χ3v) is 6.08. The van der Waals surface area contributed by atoms with Crippen LogP contribution in [0.2, 0.25) is 0 Å². The summed E-state index contributed by atoms with van der Waals surface area (Å²) >= 11 is 0. The molecule has 0 radical (unpaired) electrons. The summed E-state index contributed by atoms with van der Waals surface area (Å²) in [4.78, 5) is 10.5. The highest BCUT2D eigenvalue weighted by Crippen LogP contribution is 2.36. The van der Waals surface area contributed by atoms with Gasteiger partial charge in [0.15, 0.2) is 5.82 Å². The average Bonchev–Trinajstić information content (AvgIpc) is 3.60. The maximum atomic E-state index is 13.9. The summed E-state index contributed by atoms with van der Waals surface area (Å²) in [5.41, 5.74) is 2.09. The number of halogens is 4. The Morgan fingerprint density at radius 1 is 1.14 bits per heavy atom. The molecular formula is C23H22F4N8O. The molecule has 1 saturated heterocycles. The number of hydrogen-bond acceptors (Lipinski definition) is 7. The molecule has 0 aliphatic carbocycles. The van der Waals surface area contributed by atoms with Crippen LogP contribution in [0.15, 0.2) is 42.7 Å². The summed E-state index contributed by atoms with van der Waals surface area (Å²) < 4.78 is 59.8. The number of aromatic amines is 1. The second kappa shape index (κ2) is 9.13. The van der Waals surface area contributed by atoms with Crippen molar-refractivity contribution in [1.29, 1.82) is 0 Å². The SMILES string of the molecule is COc1cc(Nc2nc(-c3ccc(N4CC[C@H](C(F)(F)F)C4)nc3)nn2C)ccc1-c1cn[nH]c1F. The van der Waals surface area contributed by atoms with Crippen molar-refractivity contribution in [3.05, 3.63) is 48.7 Å². The van der Waals surface area contributed by atoms with Crippen molar-refractivity contribution in [3.8, 4) is 28.3 Å². The van der Waals surface area contributed by atoms with Gasteiger partial charge in [-0.25, -0.2) is 9.67 Å². The Morgan fingerprint density at radius 2 is 1.97 bits per heavy atom. The van der Waals surface area contributed by atoms with Crippen LogP contribution < -0.4 is 15.0 Å². The molecule has 36 heavy (non-hydrogen) atoms. The van der Waals surface area contributed by atoms with Gasteiger partial charge in [0, 0.05) is 49.2 Å². The highest BCUT2D eigenvalue weighted by Gasteiger charge is 2.43. The number of methoxy groups -OCH3 is 1. The van der Waals surface area contributed by atoms with Gasteiger partial charge in [-0.05, 0) is 30.7 Å². The molecule has 188 valence electrons. The first-order valence-electron chi connectivity index (χ1n) is 11.1. The number of pyridine rings is 1. The van der Waals surface area contributed by atoms with E-state index in [-0.39, 0.29) is 18.5 Å². The molecule has 0 saturated carbocycles. The molecule has 13 heteroatoms. The molecule has 1 aromatic carbocycles. The molecule has 1 aliphatic rings. The Morgan fingerprint density at radius 3 is 2.61 bits per heavy atom. The molecule has 2 N–H and O–H groups in total. The first-order valence-corrected chi connectivity index (χ1v) is 11.1. The Balaban J connectivity index is 1.32. The van der Waals surface area contributed by atoms with Crippen LogP contribution in [0.3, 0.4) is 0 Å². The molecule has 1 fully saturated rings. The normalized spacial score (nSPS) is 15.9. The molecule has 1 atom stereocenters. The Hall–Kier alpha value is -4.16. The predicted octanol–water partition coefficient (Wildman–Crippen LogP) is 4.55. The molecular weight excluding hydrogens is 480 g/mol. The zero-order chi connectivity index (χ0) is 25.4. The lowest BCUT2D eigenvalue weighted by Crippen LogP contribution is -2.27. The minimum absolute atomic E-state index is 0.0620. The average molecular weight is 502 g/mol. The number of alkyl halides is 3. The van der Waals surface area contributed by atoms with E-state index in [0.717, 1.165) is 0 Å². The predicted molar refractivity (Wildman–Crippen MR) is 124 cm³/mol. The van der Waals surface area contributed by atoms with E-state index in [1.54, 1.807) is 53.2 Å². The van der Waals surface area contributed by atoms with Crippen LogP contribution in [0.25, 0.3) is 22.5 Å². The topological polar surface area (TPSA) is 96.8 Å². The van der Waals surface area contributed by atoms with Crippen LogP contribution in [0.4, 0.5) is 35.0 Å². The third-order valence-electron chi connectivity index (χ3n) is 6.08. The van der Waals surface area contributed by atoms with Gasteiger partial charge in [-0.15, -0.1) is 5.10 Å². The van der Waals surface area contributed by atoms with Crippen molar-refractivity contribution in [1.82, 2.24) is 29.9 Å². The van der Waals surface area contributed by atoms with E-state index in [1.165, 1.54) is 13.3 Å². The lowest BCUT2D eigenvalue weighted by Gasteiger charge is -2.18. The fourth-order valence-electron chi connectivity index (χ4n) is 4.14. The van der Waals surface area contributed by atoms with Gasteiger partial charge in [-0.1, -0.05) is 0 Å². The fourth-order valence-corrected chi connectivity index (χ4v) is 4.14. The minimum atomic E-state index is -4.20. The molecule has 5 rings (SSSR count). The van der Waals surface area contributed by atoms with Gasteiger partial charge < -0.3 is 15.0 Å². The number of aromatic nitrogens is 6. The Labute approximate surface area is 203 Å². The van der Waals surface area contributed by atoms with E-state index in [4.69, 9.17) is 4.74 Å². The van der Waals surface area contributed by atoms with Crippen molar-refractivity contribution in [2.45, 2.75) is 12.6 Å². The van der Waals surface area contributed by atoms with Gasteiger partial charge >= 0.3 is 6.18 Å². The summed E-state index contributed by atoms with van der Waals surface area (Å²) in [6, 6.07) is 8.57. The van der Waals surface area contributed by atoms with Crippen LogP contribution in [-0.2, 0) is 7.05 Å². The zero-order valence-corrected chi connectivity index (χ0v) is 19.3. The number of anilines is 3. The van der Waals surface area contributed by atoms with Crippen molar-refractivity contribution >= 4 is 17.5 Å². The monoisotopic (exact) mass is 502 g/mol.